The Morgan fingerprint density at radius 1 is 0.867 bits per heavy atom. The summed E-state index contributed by atoms with van der Waals surface area (Å²) in [7, 11) is -3.73. The first-order chi connectivity index (χ1) is 6.56. The van der Waals surface area contributed by atoms with Gasteiger partial charge in [0.2, 0.25) is 0 Å². The first-order valence-corrected chi connectivity index (χ1v) is 7.40. The Morgan fingerprint density at radius 2 is 1.27 bits per heavy atom. The fourth-order valence-electron chi connectivity index (χ4n) is 1.45. The summed E-state index contributed by atoms with van der Waals surface area (Å²) < 4.78 is 10.5. The Morgan fingerprint density at radius 3 is 1.67 bits per heavy atom. The van der Waals surface area contributed by atoms with E-state index >= 15 is 0 Å². The molecule has 95 valence electrons. The van der Waals surface area contributed by atoms with Gasteiger partial charge in [-0.15, -0.1) is 0 Å². The van der Waals surface area contributed by atoms with Crippen molar-refractivity contribution in [2.45, 2.75) is 58.3 Å². The molecule has 0 unspecified atom stereocenters. The van der Waals surface area contributed by atoms with Crippen molar-refractivity contribution < 1.29 is 31.1 Å². The van der Waals surface area contributed by atoms with Gasteiger partial charge < -0.3 is 9.79 Å². The molecule has 0 aromatic rings. The average molecular weight is 281 g/mol. The van der Waals surface area contributed by atoms with Crippen LogP contribution in [0.1, 0.15) is 58.3 Å². The van der Waals surface area contributed by atoms with E-state index in [1.807, 2.05) is 0 Å². The molecule has 0 atom stereocenters. The Bertz CT molecular complexity index is 170. The van der Waals surface area contributed by atoms with Gasteiger partial charge in [-0.05, 0) is 6.42 Å². The standard InChI is InChI=1S/C10H23O3P.Co/c1-2-3-4-5-6-7-8-9-10-14(11,12)13;/h2-10H2,1H3,(H2,11,12,13);. The van der Waals surface area contributed by atoms with E-state index in [9.17, 15) is 4.57 Å². The largest absolute Gasteiger partial charge is 0.325 e. The molecular formula is C10H23CoO3P. The van der Waals surface area contributed by atoms with Crippen molar-refractivity contribution in [1.82, 2.24) is 0 Å². The molecule has 0 aliphatic heterocycles. The maximum atomic E-state index is 10.5. The topological polar surface area (TPSA) is 57.5 Å². The van der Waals surface area contributed by atoms with E-state index in [2.05, 4.69) is 6.92 Å². The van der Waals surface area contributed by atoms with Crippen LogP contribution in [0.5, 0.6) is 0 Å². The summed E-state index contributed by atoms with van der Waals surface area (Å²) in [4.78, 5) is 17.2. The van der Waals surface area contributed by atoms with Crippen LogP contribution in [0.4, 0.5) is 0 Å². The SMILES string of the molecule is CCCCCCCCCCP(=O)(O)O.[Co]. The molecule has 0 spiro atoms. The summed E-state index contributed by atoms with van der Waals surface area (Å²) in [5.74, 6) is 0. The first kappa shape index (κ1) is 18.0. The summed E-state index contributed by atoms with van der Waals surface area (Å²) in [5, 5.41) is 0. The van der Waals surface area contributed by atoms with Gasteiger partial charge in [0.1, 0.15) is 0 Å². The second kappa shape index (κ2) is 11.2. The monoisotopic (exact) mass is 281 g/mol. The van der Waals surface area contributed by atoms with Gasteiger partial charge in [0.25, 0.3) is 0 Å². The minimum absolute atomic E-state index is 0. The van der Waals surface area contributed by atoms with Crippen LogP contribution in [0.25, 0.3) is 0 Å². The van der Waals surface area contributed by atoms with E-state index in [4.69, 9.17) is 9.79 Å². The summed E-state index contributed by atoms with van der Waals surface area (Å²) in [6.45, 7) is 2.19. The summed E-state index contributed by atoms with van der Waals surface area (Å²) in [6, 6.07) is 0. The van der Waals surface area contributed by atoms with E-state index in [0.717, 1.165) is 12.8 Å². The van der Waals surface area contributed by atoms with Gasteiger partial charge in [0.05, 0.1) is 0 Å². The Labute approximate surface area is 103 Å². The van der Waals surface area contributed by atoms with Crippen molar-refractivity contribution >= 4 is 7.60 Å². The van der Waals surface area contributed by atoms with Crippen LogP contribution in [0.15, 0.2) is 0 Å². The van der Waals surface area contributed by atoms with Crippen molar-refractivity contribution in [2.24, 2.45) is 0 Å². The first-order valence-electron chi connectivity index (χ1n) is 5.61. The quantitative estimate of drug-likeness (QED) is 0.503. The van der Waals surface area contributed by atoms with Crippen LogP contribution in [0.2, 0.25) is 0 Å². The van der Waals surface area contributed by atoms with Crippen LogP contribution < -0.4 is 0 Å². The van der Waals surface area contributed by atoms with Gasteiger partial charge in [-0.2, -0.15) is 0 Å². The van der Waals surface area contributed by atoms with Crippen molar-refractivity contribution in [1.29, 1.82) is 0 Å². The predicted molar refractivity (Wildman–Crippen MR) is 59.5 cm³/mol. The summed E-state index contributed by atoms with van der Waals surface area (Å²) >= 11 is 0. The number of unbranched alkanes of at least 4 members (excludes halogenated alkanes) is 7. The molecule has 1 radical (unpaired) electrons. The molecule has 0 fully saturated rings. The predicted octanol–water partition coefficient (Wildman–Crippen LogP) is 3.30. The third-order valence-electron chi connectivity index (χ3n) is 2.30. The molecule has 0 aromatic heterocycles. The minimum Gasteiger partial charge on any atom is -0.324 e. The van der Waals surface area contributed by atoms with Crippen LogP contribution in [-0.2, 0) is 21.3 Å². The van der Waals surface area contributed by atoms with Crippen molar-refractivity contribution in [3.63, 3.8) is 0 Å². The molecule has 0 amide bonds. The third kappa shape index (κ3) is 17.3. The van der Waals surface area contributed by atoms with Gasteiger partial charge in [0, 0.05) is 22.9 Å². The molecule has 0 aromatic carbocycles. The van der Waals surface area contributed by atoms with E-state index < -0.39 is 7.60 Å². The zero-order valence-electron chi connectivity index (χ0n) is 9.45. The molecule has 5 heteroatoms. The maximum absolute atomic E-state index is 10.5. The molecule has 0 rings (SSSR count). The number of hydrogen-bond acceptors (Lipinski definition) is 1. The van der Waals surface area contributed by atoms with E-state index in [1.54, 1.807) is 0 Å². The number of rotatable bonds is 9. The maximum Gasteiger partial charge on any atom is 0.325 e. The second-order valence-corrected chi connectivity index (χ2v) is 5.64. The summed E-state index contributed by atoms with van der Waals surface area (Å²) in [5.41, 5.74) is 0. The van der Waals surface area contributed by atoms with Gasteiger partial charge in [-0.25, -0.2) is 0 Å². The average Bonchev–Trinajstić information content (AvgIpc) is 2.08. The zero-order chi connectivity index (χ0) is 10.9. The molecule has 0 saturated carbocycles. The molecule has 0 aliphatic carbocycles. The molecule has 0 bridgehead atoms. The zero-order valence-corrected chi connectivity index (χ0v) is 11.4. The third-order valence-corrected chi connectivity index (χ3v) is 3.20. The fourth-order valence-corrected chi connectivity index (χ4v) is 2.09. The normalized spacial score (nSPS) is 11.1. The number of hydrogen-bond donors (Lipinski definition) is 2. The van der Waals surface area contributed by atoms with Gasteiger partial charge >= 0.3 is 7.60 Å². The molecule has 15 heavy (non-hydrogen) atoms. The Hall–Kier alpha value is 0.656. The molecule has 2 N–H and O–H groups in total. The molecule has 0 saturated heterocycles. The van der Waals surface area contributed by atoms with E-state index in [-0.39, 0.29) is 22.9 Å². The van der Waals surface area contributed by atoms with Crippen molar-refractivity contribution in [3.8, 4) is 0 Å². The van der Waals surface area contributed by atoms with Gasteiger partial charge in [-0.3, -0.25) is 4.57 Å². The smallest absolute Gasteiger partial charge is 0.324 e. The van der Waals surface area contributed by atoms with E-state index in [1.165, 1.54) is 32.1 Å². The minimum atomic E-state index is -3.73. The van der Waals surface area contributed by atoms with Gasteiger partial charge in [0.15, 0.2) is 0 Å². The van der Waals surface area contributed by atoms with Crippen LogP contribution >= 0.6 is 7.60 Å². The molecule has 0 heterocycles. The summed E-state index contributed by atoms with van der Waals surface area (Å²) in [6.07, 6.45) is 9.14. The molecular weight excluding hydrogens is 258 g/mol. The van der Waals surface area contributed by atoms with Crippen LogP contribution in [0.3, 0.4) is 0 Å². The second-order valence-electron chi connectivity index (χ2n) is 3.86. The van der Waals surface area contributed by atoms with Gasteiger partial charge in [-0.1, -0.05) is 51.9 Å². The van der Waals surface area contributed by atoms with Crippen LogP contribution in [0, 0.1) is 0 Å². The molecule has 0 aliphatic rings. The Kier molecular flexibility index (Phi) is 13.4. The Balaban J connectivity index is 0. The van der Waals surface area contributed by atoms with E-state index in [0.29, 0.717) is 6.42 Å². The van der Waals surface area contributed by atoms with Crippen molar-refractivity contribution in [2.75, 3.05) is 6.16 Å². The fraction of sp³-hybridized carbons (Fsp3) is 1.00. The van der Waals surface area contributed by atoms with Crippen molar-refractivity contribution in [3.05, 3.63) is 0 Å². The molecule has 3 nitrogen and oxygen atoms in total. The van der Waals surface area contributed by atoms with Crippen LogP contribution in [-0.4, -0.2) is 15.9 Å².